The number of amidine groups is 1. The van der Waals surface area contributed by atoms with Gasteiger partial charge in [0.25, 0.3) is 11.5 Å². The molecular weight excluding hydrogens is 607 g/mol. The third-order valence-electron chi connectivity index (χ3n) is 5.29. The molecule has 1 aliphatic heterocycles. The van der Waals surface area contributed by atoms with Crippen LogP contribution in [0.25, 0.3) is 11.0 Å². The number of rotatable bonds is 7. The van der Waals surface area contributed by atoms with Gasteiger partial charge in [0.2, 0.25) is 10.0 Å². The van der Waals surface area contributed by atoms with E-state index in [0.717, 1.165) is 12.1 Å². The number of aliphatic imine (C=N–C) groups is 1. The Bertz CT molecular complexity index is 1920. The number of nitrogens with zero attached hydrogens (tertiary/aromatic N) is 5. The molecule has 2 heterocycles. The fourth-order valence-electron chi connectivity index (χ4n) is 3.60. The van der Waals surface area contributed by atoms with E-state index in [4.69, 9.17) is 28.3 Å². The second-order valence-electron chi connectivity index (χ2n) is 9.71. The summed E-state index contributed by atoms with van der Waals surface area (Å²) in [5.41, 5.74) is 2.09. The summed E-state index contributed by atoms with van der Waals surface area (Å²) >= 11 is 12.0. The largest absolute Gasteiger partial charge is 0.323 e. The Balaban J connectivity index is 1.85. The number of halogens is 2. The van der Waals surface area contributed by atoms with Crippen molar-refractivity contribution in [2.24, 2.45) is 19.6 Å². The van der Waals surface area contributed by atoms with Gasteiger partial charge in [-0.1, -0.05) is 23.2 Å². The number of aromatic amines is 1. The molecule has 0 saturated carbocycles. The first-order chi connectivity index (χ1) is 18.4. The number of likely N-dealkylation sites (N-methyl/N-ethyl adjacent to an activating group) is 1. The summed E-state index contributed by atoms with van der Waals surface area (Å²) in [6, 6.07) is 6.55. The van der Waals surface area contributed by atoms with Crippen LogP contribution in [0.3, 0.4) is 0 Å². The van der Waals surface area contributed by atoms with Crippen molar-refractivity contribution in [2.45, 2.75) is 16.2 Å². The summed E-state index contributed by atoms with van der Waals surface area (Å²) in [5.74, 6) is -0.912. The molecule has 40 heavy (non-hydrogen) atoms. The lowest BCUT2D eigenvalue weighted by Crippen LogP contribution is -2.43. The lowest BCUT2D eigenvalue weighted by molar-refractivity contribution is -0.862. The second kappa shape index (κ2) is 10.6. The Labute approximate surface area is 238 Å². The first kappa shape index (κ1) is 29.7. The molecule has 0 bridgehead atoms. The van der Waals surface area contributed by atoms with Crippen LogP contribution in [0.2, 0.25) is 10.0 Å². The molecule has 212 valence electrons. The zero-order valence-electron chi connectivity index (χ0n) is 21.2. The number of primary sulfonamides is 1. The number of nitrogens with one attached hydrogen (secondary N) is 2. The van der Waals surface area contributed by atoms with Crippen LogP contribution in [-0.4, -0.2) is 76.8 Å². The van der Waals surface area contributed by atoms with Gasteiger partial charge < -0.3 is 9.47 Å². The average molecular weight is 631 g/mol. The molecule has 0 aliphatic carbocycles. The number of H-pyrrole nitrogens is 1. The highest BCUT2D eigenvalue weighted by Crippen LogP contribution is 2.36. The van der Waals surface area contributed by atoms with Crippen LogP contribution in [0.15, 0.2) is 59.4 Å². The van der Waals surface area contributed by atoms with Gasteiger partial charge in [-0.05, 0) is 30.3 Å². The molecule has 4 rings (SSSR count). The second-order valence-corrected chi connectivity index (χ2v) is 13.7. The van der Waals surface area contributed by atoms with Crippen molar-refractivity contribution in [3.8, 4) is 0 Å². The molecular formula is C22H23Cl2N8O6S2+. The summed E-state index contributed by atoms with van der Waals surface area (Å²) < 4.78 is 51.7. The Kier molecular flexibility index (Phi) is 7.89. The third-order valence-corrected chi connectivity index (χ3v) is 8.22. The molecule has 0 spiro atoms. The topological polar surface area (TPSA) is 209 Å². The molecule has 14 nitrogen and oxygen atoms in total. The van der Waals surface area contributed by atoms with E-state index in [1.807, 2.05) is 0 Å². The smallest absolute Gasteiger partial charge is 0.295 e. The number of carbonyl (C=O) groups excluding carboxylic acids is 1. The molecule has 1 aromatic heterocycles. The number of hydrogen-bond acceptors (Lipinski definition) is 9. The third kappa shape index (κ3) is 6.72. The zero-order valence-corrected chi connectivity index (χ0v) is 24.3. The summed E-state index contributed by atoms with van der Waals surface area (Å²) in [4.78, 5) is 35.5. The molecule has 5 N–H and O–H groups in total. The van der Waals surface area contributed by atoms with Crippen molar-refractivity contribution in [2.75, 3.05) is 27.7 Å². The Hall–Kier alpha value is -3.25. The van der Waals surface area contributed by atoms with Crippen LogP contribution in [-0.2, 0) is 31.2 Å². The monoisotopic (exact) mass is 629 g/mol. The lowest BCUT2D eigenvalue weighted by Gasteiger charge is -2.22. The summed E-state index contributed by atoms with van der Waals surface area (Å²) in [6.07, 6.45) is -0.366. The number of benzene rings is 2. The molecule has 1 atom stereocenters. The van der Waals surface area contributed by atoms with Gasteiger partial charge in [0.15, 0.2) is 22.4 Å². The molecule has 0 radical (unpaired) electrons. The molecule has 0 fully saturated rings. The van der Waals surface area contributed by atoms with E-state index in [1.54, 1.807) is 33.3 Å². The van der Waals surface area contributed by atoms with Crippen LogP contribution in [0, 0.1) is 0 Å². The van der Waals surface area contributed by atoms with Gasteiger partial charge in [-0.25, -0.2) is 33.2 Å². The number of carbonyl (C=O) groups is 1. The summed E-state index contributed by atoms with van der Waals surface area (Å²) in [6.45, 7) is 0.0293. The van der Waals surface area contributed by atoms with E-state index in [-0.39, 0.29) is 39.6 Å². The van der Waals surface area contributed by atoms with Crippen LogP contribution in [0.5, 0.6) is 0 Å². The van der Waals surface area contributed by atoms with Crippen molar-refractivity contribution < 1.29 is 26.5 Å². The first-order valence-electron chi connectivity index (χ1n) is 11.2. The van der Waals surface area contributed by atoms with E-state index < -0.39 is 47.1 Å². The maximum atomic E-state index is 13.2. The van der Waals surface area contributed by atoms with Gasteiger partial charge in [0, 0.05) is 11.4 Å². The molecule has 3 aromatic rings. The van der Waals surface area contributed by atoms with Gasteiger partial charge in [-0.2, -0.15) is 5.10 Å². The van der Waals surface area contributed by atoms with Gasteiger partial charge >= 0.3 is 0 Å². The predicted molar refractivity (Wildman–Crippen MR) is 151 cm³/mol. The highest BCUT2D eigenvalue weighted by Gasteiger charge is 2.28. The number of sulfonamides is 1. The number of hydrazone groups is 1. The number of quaternary nitrogens is 1. The fraction of sp³-hybridized carbons (Fsp3) is 0.227. The molecule has 18 heteroatoms. The molecule has 0 saturated heterocycles. The van der Waals surface area contributed by atoms with Gasteiger partial charge in [-0.3, -0.25) is 14.1 Å². The van der Waals surface area contributed by atoms with Gasteiger partial charge in [0.05, 0.1) is 42.9 Å². The van der Waals surface area contributed by atoms with Gasteiger partial charge in [0.1, 0.15) is 21.2 Å². The van der Waals surface area contributed by atoms with Crippen molar-refractivity contribution in [1.82, 2.24) is 15.4 Å². The van der Waals surface area contributed by atoms with Crippen LogP contribution in [0.4, 0.5) is 5.69 Å². The molecule has 1 unspecified atom stereocenters. The highest BCUT2D eigenvalue weighted by atomic mass is 35.5. The highest BCUT2D eigenvalue weighted by molar-refractivity contribution is 7.90. The number of aromatic nitrogens is 2. The van der Waals surface area contributed by atoms with Gasteiger partial charge in [-0.15, -0.1) is 4.36 Å². The first-order valence-corrected chi connectivity index (χ1v) is 15.0. The van der Waals surface area contributed by atoms with Crippen molar-refractivity contribution >= 4 is 77.4 Å². The standard InChI is InChI=1S/C22H22Cl2N8O6S2/c1-32(2,3)10-20(33)30-29-16(8-17-22(34)28-14-6-11(23)4-5-13(14)26-17)21-27-15-7-12(24)18(39(25,35)36)9-19(15)40(37,38)31-21/h4-7,9H,8,10H2,1-3H3,(H4-,25,27,28,30,31,33,34,35,36,37,38)/p+1. The number of fused-ring (bicyclic) bond motifs is 2. The zero-order chi connectivity index (χ0) is 29.6. The minimum atomic E-state index is -4.33. The van der Waals surface area contributed by atoms with E-state index in [2.05, 4.69) is 29.9 Å². The molecule has 1 aliphatic rings. The Morgan fingerprint density at radius 2 is 1.93 bits per heavy atom. The quantitative estimate of drug-likeness (QED) is 0.172. The SMILES string of the molecule is C[N+](C)(C)CC(=O)NN=C(Cc1nc2ccc(Cl)cc2[nH]c1=O)C1=Nc2cc(Cl)c(S(N)(=O)=O)cc2S(=O)(O)=N1. The molecule has 1 amide bonds. The van der Waals surface area contributed by atoms with Crippen LogP contribution in [0.1, 0.15) is 5.69 Å². The van der Waals surface area contributed by atoms with Crippen molar-refractivity contribution in [1.29, 1.82) is 0 Å². The summed E-state index contributed by atoms with van der Waals surface area (Å²) in [7, 11) is -3.28. The van der Waals surface area contributed by atoms with Crippen molar-refractivity contribution in [3.05, 3.63) is 56.4 Å². The van der Waals surface area contributed by atoms with E-state index >= 15 is 0 Å². The Morgan fingerprint density at radius 3 is 2.58 bits per heavy atom. The normalized spacial score (nSPS) is 17.7. The maximum Gasteiger partial charge on any atom is 0.295 e. The predicted octanol–water partition coefficient (Wildman–Crippen LogP) is 1.64. The maximum absolute atomic E-state index is 13.2. The number of amides is 1. The van der Waals surface area contributed by atoms with E-state index in [9.17, 15) is 26.8 Å². The molecule has 2 aromatic carbocycles. The average Bonchev–Trinajstić information content (AvgIpc) is 2.79. The van der Waals surface area contributed by atoms with E-state index in [1.165, 1.54) is 6.07 Å². The fourth-order valence-corrected chi connectivity index (χ4v) is 6.07. The summed E-state index contributed by atoms with van der Waals surface area (Å²) in [5, 5.41) is 9.26. The Morgan fingerprint density at radius 1 is 1.23 bits per heavy atom. The van der Waals surface area contributed by atoms with Crippen LogP contribution < -0.4 is 16.1 Å². The van der Waals surface area contributed by atoms with Crippen molar-refractivity contribution in [3.63, 3.8) is 0 Å². The lowest BCUT2D eigenvalue weighted by atomic mass is 10.2. The number of hydrogen-bond donors (Lipinski definition) is 4. The minimum Gasteiger partial charge on any atom is -0.323 e. The minimum absolute atomic E-state index is 0.0293. The van der Waals surface area contributed by atoms with Crippen LogP contribution >= 0.6 is 23.2 Å². The van der Waals surface area contributed by atoms with E-state index in [0.29, 0.717) is 16.1 Å². The number of nitrogens with two attached hydrogens (primary N) is 1.